The first-order valence-electron chi connectivity index (χ1n) is 4.90. The monoisotopic (exact) mass is 220 g/mol. The van der Waals surface area contributed by atoms with Gasteiger partial charge < -0.3 is 4.74 Å². The van der Waals surface area contributed by atoms with Crippen LogP contribution in [0.3, 0.4) is 0 Å². The maximum Gasteiger partial charge on any atom is 0.412 e. The Morgan fingerprint density at radius 2 is 2.07 bits per heavy atom. The van der Waals surface area contributed by atoms with E-state index in [9.17, 15) is 18.0 Å². The Morgan fingerprint density at radius 1 is 1.40 bits per heavy atom. The molecule has 1 aliphatic carbocycles. The summed E-state index contributed by atoms with van der Waals surface area (Å²) in [5, 5.41) is 0. The fraction of sp³-hybridized carbons (Fsp3) is 0.700. The van der Waals surface area contributed by atoms with Crippen molar-refractivity contribution in [3.8, 4) is 0 Å². The molecule has 15 heavy (non-hydrogen) atoms. The van der Waals surface area contributed by atoms with E-state index in [0.717, 1.165) is 13.3 Å². The zero-order chi connectivity index (χ0) is 11.2. The van der Waals surface area contributed by atoms with Crippen LogP contribution in [0.4, 0.5) is 13.2 Å². The largest absolute Gasteiger partial charge is 0.458 e. The molecule has 0 aromatic heterocycles. The van der Waals surface area contributed by atoms with Crippen LogP contribution in [0.5, 0.6) is 0 Å². The normalized spacial score (nSPS) is 34.0. The third-order valence-corrected chi connectivity index (χ3v) is 3.13. The van der Waals surface area contributed by atoms with Crippen molar-refractivity contribution in [2.45, 2.75) is 38.5 Å². The summed E-state index contributed by atoms with van der Waals surface area (Å²) in [6.07, 6.45) is -2.60. The van der Waals surface area contributed by atoms with Crippen molar-refractivity contribution in [1.82, 2.24) is 0 Å². The Hall–Kier alpha value is -1.00. The number of rotatable bonds is 0. The first-order valence-corrected chi connectivity index (χ1v) is 4.90. The number of esters is 1. The number of hydrogen-bond donors (Lipinski definition) is 0. The van der Waals surface area contributed by atoms with Gasteiger partial charge in [0.05, 0.1) is 5.57 Å². The number of alkyl halides is 3. The Morgan fingerprint density at radius 3 is 2.67 bits per heavy atom. The molecule has 2 unspecified atom stereocenters. The third kappa shape index (κ3) is 1.64. The highest BCUT2D eigenvalue weighted by Crippen LogP contribution is 2.44. The van der Waals surface area contributed by atoms with Gasteiger partial charge in [0.1, 0.15) is 6.10 Å². The molecule has 1 saturated heterocycles. The second-order valence-corrected chi connectivity index (χ2v) is 4.02. The van der Waals surface area contributed by atoms with Gasteiger partial charge in [-0.15, -0.1) is 0 Å². The summed E-state index contributed by atoms with van der Waals surface area (Å²) in [4.78, 5) is 11.3. The summed E-state index contributed by atoms with van der Waals surface area (Å²) >= 11 is 0. The van der Waals surface area contributed by atoms with Crippen LogP contribution in [0.1, 0.15) is 26.2 Å². The molecule has 0 amide bonds. The van der Waals surface area contributed by atoms with Crippen LogP contribution in [0.25, 0.3) is 0 Å². The van der Waals surface area contributed by atoms with Crippen LogP contribution >= 0.6 is 0 Å². The number of hydrogen-bond acceptors (Lipinski definition) is 2. The molecule has 2 rings (SSSR count). The predicted octanol–water partition coefficient (Wildman–Crippen LogP) is 2.59. The van der Waals surface area contributed by atoms with E-state index in [2.05, 4.69) is 0 Å². The minimum atomic E-state index is -4.42. The molecular formula is C10H11F3O2. The Labute approximate surface area is 85.1 Å². The van der Waals surface area contributed by atoms with E-state index in [0.29, 0.717) is 12.8 Å². The summed E-state index contributed by atoms with van der Waals surface area (Å²) in [7, 11) is 0. The summed E-state index contributed by atoms with van der Waals surface area (Å²) in [5.41, 5.74) is -0.938. The van der Waals surface area contributed by atoms with Crippen molar-refractivity contribution in [3.63, 3.8) is 0 Å². The number of fused-ring (bicyclic) bond motifs is 1. The fourth-order valence-corrected chi connectivity index (χ4v) is 2.33. The zero-order valence-electron chi connectivity index (χ0n) is 8.23. The van der Waals surface area contributed by atoms with Crippen LogP contribution in [-0.4, -0.2) is 18.2 Å². The Bertz CT molecular complexity index is 330. The first kappa shape index (κ1) is 10.5. The smallest absolute Gasteiger partial charge is 0.412 e. The van der Waals surface area contributed by atoms with Crippen LogP contribution < -0.4 is 0 Å². The van der Waals surface area contributed by atoms with Gasteiger partial charge in [-0.05, 0) is 26.2 Å². The quantitative estimate of drug-likeness (QED) is 0.463. The Kier molecular flexibility index (Phi) is 2.28. The van der Waals surface area contributed by atoms with Crippen molar-refractivity contribution in [2.75, 3.05) is 0 Å². The Balaban J connectivity index is 2.39. The molecule has 1 heterocycles. The van der Waals surface area contributed by atoms with Crippen molar-refractivity contribution in [1.29, 1.82) is 0 Å². The minimum absolute atomic E-state index is 0.148. The number of allylic oxidation sites excluding steroid dienone is 1. The molecule has 0 radical (unpaired) electrons. The van der Waals surface area contributed by atoms with Crippen molar-refractivity contribution in [3.05, 3.63) is 11.1 Å². The fourth-order valence-electron chi connectivity index (χ4n) is 2.33. The molecule has 2 nitrogen and oxygen atoms in total. The van der Waals surface area contributed by atoms with Gasteiger partial charge in [-0.25, -0.2) is 4.79 Å². The third-order valence-electron chi connectivity index (χ3n) is 3.13. The molecule has 1 aliphatic heterocycles. The van der Waals surface area contributed by atoms with Crippen LogP contribution in [-0.2, 0) is 9.53 Å². The average molecular weight is 220 g/mol. The molecule has 84 valence electrons. The van der Waals surface area contributed by atoms with Gasteiger partial charge in [0.25, 0.3) is 0 Å². The van der Waals surface area contributed by atoms with Gasteiger partial charge in [-0.2, -0.15) is 13.2 Å². The highest BCUT2D eigenvalue weighted by molar-refractivity contribution is 5.92. The number of carbonyl (C=O) groups excluding carboxylic acids is 1. The molecule has 5 heteroatoms. The van der Waals surface area contributed by atoms with E-state index in [1.54, 1.807) is 0 Å². The van der Waals surface area contributed by atoms with Gasteiger partial charge in [0.2, 0.25) is 0 Å². The van der Waals surface area contributed by atoms with E-state index in [4.69, 9.17) is 4.74 Å². The van der Waals surface area contributed by atoms with Gasteiger partial charge in [0.15, 0.2) is 0 Å². The summed E-state index contributed by atoms with van der Waals surface area (Å²) in [5.74, 6) is -1.11. The first-order chi connectivity index (χ1) is 6.91. The average Bonchev–Trinajstić information content (AvgIpc) is 2.60. The number of carbonyl (C=O) groups is 1. The predicted molar refractivity (Wildman–Crippen MR) is 46.0 cm³/mol. The maximum atomic E-state index is 12.5. The second-order valence-electron chi connectivity index (χ2n) is 4.02. The standard InChI is InChI=1S/C10H11F3O2/c1-5(10(11,12)13)8-6-3-2-4-7(6)15-9(8)14/h6-7H,2-4H2,1H3/b8-5-. The zero-order valence-corrected chi connectivity index (χ0v) is 8.23. The lowest BCUT2D eigenvalue weighted by atomic mass is 9.94. The van der Waals surface area contributed by atoms with Crippen molar-refractivity contribution < 1.29 is 22.7 Å². The summed E-state index contributed by atoms with van der Waals surface area (Å²) < 4.78 is 42.3. The summed E-state index contributed by atoms with van der Waals surface area (Å²) in [6, 6.07) is 0. The topological polar surface area (TPSA) is 26.3 Å². The molecule has 1 saturated carbocycles. The van der Waals surface area contributed by atoms with Crippen molar-refractivity contribution >= 4 is 5.97 Å². The molecule has 0 aromatic rings. The highest BCUT2D eigenvalue weighted by Gasteiger charge is 2.47. The van der Waals surface area contributed by atoms with Crippen LogP contribution in [0.2, 0.25) is 0 Å². The lowest BCUT2D eigenvalue weighted by molar-refractivity contribution is -0.139. The molecule has 0 bridgehead atoms. The number of ether oxygens (including phenoxy) is 1. The molecule has 2 atom stereocenters. The van der Waals surface area contributed by atoms with Crippen molar-refractivity contribution in [2.24, 2.45) is 5.92 Å². The van der Waals surface area contributed by atoms with Gasteiger partial charge in [-0.1, -0.05) is 0 Å². The minimum Gasteiger partial charge on any atom is -0.458 e. The molecule has 0 spiro atoms. The molecule has 2 aliphatic rings. The SMILES string of the molecule is C/C(=C1/C(=O)OC2CCCC12)C(F)(F)F. The molecule has 0 aromatic carbocycles. The second kappa shape index (κ2) is 3.25. The van der Waals surface area contributed by atoms with E-state index >= 15 is 0 Å². The van der Waals surface area contributed by atoms with Gasteiger partial charge in [0, 0.05) is 11.5 Å². The van der Waals surface area contributed by atoms with E-state index in [1.807, 2.05) is 0 Å². The highest BCUT2D eigenvalue weighted by atomic mass is 19.4. The van der Waals surface area contributed by atoms with E-state index in [1.165, 1.54) is 0 Å². The van der Waals surface area contributed by atoms with Gasteiger partial charge in [-0.3, -0.25) is 0 Å². The molecule has 2 fully saturated rings. The summed E-state index contributed by atoms with van der Waals surface area (Å²) in [6.45, 7) is 0.956. The van der Waals surface area contributed by atoms with Crippen LogP contribution in [0, 0.1) is 5.92 Å². The van der Waals surface area contributed by atoms with E-state index in [-0.39, 0.29) is 17.6 Å². The lowest BCUT2D eigenvalue weighted by Gasteiger charge is -2.11. The van der Waals surface area contributed by atoms with Crippen LogP contribution in [0.15, 0.2) is 11.1 Å². The van der Waals surface area contributed by atoms with Gasteiger partial charge >= 0.3 is 12.1 Å². The van der Waals surface area contributed by atoms with E-state index < -0.39 is 17.7 Å². The lowest BCUT2D eigenvalue weighted by Crippen LogP contribution is -2.17. The molecule has 0 N–H and O–H groups in total. The maximum absolute atomic E-state index is 12.5. The number of halogens is 3. The molecular weight excluding hydrogens is 209 g/mol.